The van der Waals surface area contributed by atoms with Gasteiger partial charge in [0, 0.05) is 20.1 Å². The largest absolute Gasteiger partial charge is 0 e. The first-order valence-corrected chi connectivity index (χ1v) is 14.9. The Morgan fingerprint density at radius 3 is 2.38 bits per heavy atom. The molecular formula is C18H22GeIrN-. The van der Waals surface area contributed by atoms with Crippen LogP contribution in [-0.4, -0.2) is 18.3 Å². The number of aromatic nitrogens is 1. The molecule has 0 saturated carbocycles. The number of pyridine rings is 1. The fraction of sp³-hybridized carbons (Fsp3) is 0.389. The number of nitrogens with zero attached hydrogens (tertiary/aromatic N) is 1. The van der Waals surface area contributed by atoms with Crippen molar-refractivity contribution in [3.8, 4) is 11.3 Å². The molecule has 0 N–H and O–H groups in total. The molecule has 0 unspecified atom stereocenters. The van der Waals surface area contributed by atoms with Crippen LogP contribution < -0.4 is 4.40 Å². The maximum atomic E-state index is 4.84. The average Bonchev–Trinajstić information content (AvgIpc) is 2.46. The van der Waals surface area contributed by atoms with Gasteiger partial charge in [-0.05, 0) is 0 Å². The molecule has 1 radical (unpaired) electrons. The molecule has 0 saturated heterocycles. The van der Waals surface area contributed by atoms with Crippen molar-refractivity contribution < 1.29 is 20.1 Å². The summed E-state index contributed by atoms with van der Waals surface area (Å²) < 4.78 is 1.61. The van der Waals surface area contributed by atoms with Crippen molar-refractivity contribution in [3.05, 3.63) is 47.7 Å². The van der Waals surface area contributed by atoms with E-state index in [-0.39, 0.29) is 20.1 Å². The van der Waals surface area contributed by atoms with Gasteiger partial charge in [0.25, 0.3) is 0 Å². The smallest absolute Gasteiger partial charge is 0 e. The summed E-state index contributed by atoms with van der Waals surface area (Å²) in [6.07, 6.45) is 7.25. The minimum Gasteiger partial charge on any atom is 0 e. The molecule has 21 heavy (non-hydrogen) atoms. The van der Waals surface area contributed by atoms with E-state index in [1.165, 1.54) is 36.9 Å². The molecule has 3 heteroatoms. The van der Waals surface area contributed by atoms with Gasteiger partial charge in [-0.15, -0.1) is 0 Å². The van der Waals surface area contributed by atoms with Crippen LogP contribution in [-0.2, 0) is 32.9 Å². The van der Waals surface area contributed by atoms with Crippen LogP contribution in [0.1, 0.15) is 24.0 Å². The molecule has 0 spiro atoms. The summed E-state index contributed by atoms with van der Waals surface area (Å²) in [6.45, 7) is 0. The van der Waals surface area contributed by atoms with Crippen molar-refractivity contribution in [2.24, 2.45) is 0 Å². The molecular weight excluding hydrogens is 495 g/mol. The fourth-order valence-electron chi connectivity index (χ4n) is 3.17. The minimum atomic E-state index is -1.83. The van der Waals surface area contributed by atoms with Gasteiger partial charge in [0.05, 0.1) is 0 Å². The summed E-state index contributed by atoms with van der Waals surface area (Å²) in [5, 5.41) is 0. The molecule has 3 rings (SSSR count). The zero-order chi connectivity index (χ0) is 14.2. The van der Waals surface area contributed by atoms with E-state index >= 15 is 0 Å². The second-order valence-corrected chi connectivity index (χ2v) is 17.3. The van der Waals surface area contributed by atoms with Crippen molar-refractivity contribution in [2.75, 3.05) is 0 Å². The molecule has 0 amide bonds. The zero-order valence-electron chi connectivity index (χ0n) is 13.0. The van der Waals surface area contributed by atoms with Gasteiger partial charge in [0.2, 0.25) is 0 Å². The Morgan fingerprint density at radius 1 is 1.05 bits per heavy atom. The van der Waals surface area contributed by atoms with Crippen molar-refractivity contribution in [1.82, 2.24) is 4.98 Å². The van der Waals surface area contributed by atoms with Crippen LogP contribution in [0.2, 0.25) is 17.3 Å². The Kier molecular flexibility index (Phi) is 5.45. The summed E-state index contributed by atoms with van der Waals surface area (Å²) >= 11 is -1.83. The standard InChI is InChI=1S/C18H22GeN.Ir/c1-19(2,3)17-13-20-18(14-9-5-4-6-10-14)16-12-8-7-11-15(16)17;/h4-6,9,13H,7-8,11-12H2,1-3H3;/q-1;. The Hall–Kier alpha value is -0.438. The third kappa shape index (κ3) is 3.49. The Morgan fingerprint density at radius 2 is 1.76 bits per heavy atom. The molecule has 1 aliphatic rings. The predicted octanol–water partition coefficient (Wildman–Crippen LogP) is 3.97. The van der Waals surface area contributed by atoms with Crippen LogP contribution in [0.15, 0.2) is 30.5 Å². The summed E-state index contributed by atoms with van der Waals surface area (Å²) in [5.41, 5.74) is 5.47. The summed E-state index contributed by atoms with van der Waals surface area (Å²) in [7, 11) is 0. The summed E-state index contributed by atoms with van der Waals surface area (Å²) in [5.74, 6) is 7.42. The van der Waals surface area contributed by atoms with Crippen LogP contribution in [0.25, 0.3) is 11.3 Å². The predicted molar refractivity (Wildman–Crippen MR) is 88.1 cm³/mol. The van der Waals surface area contributed by atoms with E-state index in [1.807, 2.05) is 12.1 Å². The van der Waals surface area contributed by atoms with Crippen molar-refractivity contribution >= 4 is 17.7 Å². The molecule has 0 atom stereocenters. The van der Waals surface area contributed by atoms with E-state index in [4.69, 9.17) is 4.98 Å². The zero-order valence-corrected chi connectivity index (χ0v) is 17.5. The molecule has 0 fully saturated rings. The van der Waals surface area contributed by atoms with Gasteiger partial charge in [-0.1, -0.05) is 0 Å². The number of rotatable bonds is 2. The van der Waals surface area contributed by atoms with E-state index in [1.54, 1.807) is 9.96 Å². The molecule has 113 valence electrons. The van der Waals surface area contributed by atoms with Crippen molar-refractivity contribution in [1.29, 1.82) is 0 Å². The third-order valence-electron chi connectivity index (χ3n) is 4.17. The molecule has 1 aromatic carbocycles. The van der Waals surface area contributed by atoms with Gasteiger partial charge in [0.1, 0.15) is 0 Å². The van der Waals surface area contributed by atoms with Crippen LogP contribution in [0, 0.1) is 6.07 Å². The molecule has 1 aromatic heterocycles. The monoisotopic (exact) mass is 519 g/mol. The van der Waals surface area contributed by atoms with Crippen LogP contribution in [0.4, 0.5) is 0 Å². The topological polar surface area (TPSA) is 12.9 Å². The van der Waals surface area contributed by atoms with E-state index in [0.29, 0.717) is 0 Å². The van der Waals surface area contributed by atoms with Gasteiger partial charge in [-0.2, -0.15) is 0 Å². The number of hydrogen-bond acceptors (Lipinski definition) is 1. The van der Waals surface area contributed by atoms with E-state index in [9.17, 15) is 0 Å². The van der Waals surface area contributed by atoms with Gasteiger partial charge in [-0.3, -0.25) is 0 Å². The maximum Gasteiger partial charge on any atom is 0 e. The van der Waals surface area contributed by atoms with Crippen molar-refractivity contribution in [2.45, 2.75) is 43.0 Å². The molecule has 1 aliphatic carbocycles. The van der Waals surface area contributed by atoms with Crippen molar-refractivity contribution in [3.63, 3.8) is 0 Å². The molecule has 2 aromatic rings. The Labute approximate surface area is 144 Å². The number of hydrogen-bond donors (Lipinski definition) is 0. The summed E-state index contributed by atoms with van der Waals surface area (Å²) in [4.78, 5) is 4.84. The van der Waals surface area contributed by atoms with Gasteiger partial charge in [0.15, 0.2) is 0 Å². The van der Waals surface area contributed by atoms with Crippen LogP contribution in [0.3, 0.4) is 0 Å². The van der Waals surface area contributed by atoms with Gasteiger partial charge in [-0.25, -0.2) is 0 Å². The van der Waals surface area contributed by atoms with E-state index in [2.05, 4.69) is 41.7 Å². The van der Waals surface area contributed by atoms with E-state index < -0.39 is 13.3 Å². The molecule has 1 heterocycles. The first-order valence-electron chi connectivity index (χ1n) is 7.55. The maximum absolute atomic E-state index is 4.84. The van der Waals surface area contributed by atoms with Crippen LogP contribution in [0.5, 0.6) is 0 Å². The number of benzene rings is 1. The molecule has 1 nitrogen and oxygen atoms in total. The first-order chi connectivity index (χ1) is 9.57. The molecule has 0 bridgehead atoms. The third-order valence-corrected chi connectivity index (χ3v) is 8.47. The fourth-order valence-corrected chi connectivity index (χ4v) is 6.59. The Balaban J connectivity index is 0.00000161. The average molecular weight is 517 g/mol. The quantitative estimate of drug-likeness (QED) is 0.435. The second kappa shape index (κ2) is 6.77. The van der Waals surface area contributed by atoms with Gasteiger partial charge >= 0.3 is 125 Å². The van der Waals surface area contributed by atoms with E-state index in [0.717, 1.165) is 5.56 Å². The van der Waals surface area contributed by atoms with Gasteiger partial charge < -0.3 is 0 Å². The minimum absolute atomic E-state index is 0. The summed E-state index contributed by atoms with van der Waals surface area (Å²) in [6, 6.07) is 11.6. The van der Waals surface area contributed by atoms with Crippen LogP contribution >= 0.6 is 0 Å². The number of fused-ring (bicyclic) bond motifs is 1. The SMILES string of the molecule is [CH3][Ge]([CH3])([CH3])[c]1cnc(-c2[c-]cccc2)c2c1CCCC2.[Ir]. The molecule has 0 aliphatic heterocycles. The Bertz CT molecular complexity index is 617. The normalized spacial score (nSPS) is 14.2. The first kappa shape index (κ1) is 16.9. The second-order valence-electron chi connectivity index (χ2n) is 6.71.